The first-order valence-electron chi connectivity index (χ1n) is 6.45. The van der Waals surface area contributed by atoms with Crippen LogP contribution >= 0.6 is 0 Å². The Morgan fingerprint density at radius 3 is 2.74 bits per heavy atom. The first kappa shape index (κ1) is 11.9. The first-order valence-corrected chi connectivity index (χ1v) is 6.45. The summed E-state index contributed by atoms with van der Waals surface area (Å²) in [5, 5.41) is 6.75. The van der Waals surface area contributed by atoms with Crippen LogP contribution < -0.4 is 0 Å². The van der Waals surface area contributed by atoms with Crippen LogP contribution in [0.5, 0.6) is 0 Å². The van der Waals surface area contributed by atoms with E-state index in [2.05, 4.69) is 15.2 Å². The molecule has 2 aromatic rings. The molecule has 19 heavy (non-hydrogen) atoms. The Labute approximate surface area is 111 Å². The Morgan fingerprint density at radius 2 is 2.16 bits per heavy atom. The maximum Gasteiger partial charge on any atom is 0.257 e. The number of aromatic amines is 1. The minimum Gasteiger partial charge on any atom is -0.331 e. The Morgan fingerprint density at radius 1 is 1.42 bits per heavy atom. The third-order valence-corrected chi connectivity index (χ3v) is 3.41. The number of amides is 1. The lowest BCUT2D eigenvalue weighted by atomic mass is 10.2. The lowest BCUT2D eigenvalue weighted by molar-refractivity contribution is 0.0729. The quantitative estimate of drug-likeness (QED) is 0.909. The second kappa shape index (κ2) is 4.84. The van der Waals surface area contributed by atoms with Gasteiger partial charge in [-0.3, -0.25) is 14.9 Å². The molecule has 1 aliphatic rings. The van der Waals surface area contributed by atoms with Crippen LogP contribution in [0.3, 0.4) is 0 Å². The van der Waals surface area contributed by atoms with Gasteiger partial charge < -0.3 is 4.90 Å². The lowest BCUT2D eigenvalue weighted by Crippen LogP contribution is -2.32. The van der Waals surface area contributed by atoms with Gasteiger partial charge in [0, 0.05) is 30.7 Å². The number of H-pyrrole nitrogens is 1. The summed E-state index contributed by atoms with van der Waals surface area (Å²) in [7, 11) is 0. The van der Waals surface area contributed by atoms with Gasteiger partial charge in [-0.25, -0.2) is 0 Å². The molecule has 0 aliphatic heterocycles. The molecule has 0 atom stereocenters. The van der Waals surface area contributed by atoms with Gasteiger partial charge in [0.1, 0.15) is 0 Å². The summed E-state index contributed by atoms with van der Waals surface area (Å²) >= 11 is 0. The summed E-state index contributed by atoms with van der Waals surface area (Å²) in [5.41, 5.74) is 2.60. The maximum atomic E-state index is 12.6. The van der Waals surface area contributed by atoms with Crippen molar-refractivity contribution in [2.45, 2.75) is 32.4 Å². The highest BCUT2D eigenvalue weighted by Gasteiger charge is 2.33. The summed E-state index contributed by atoms with van der Waals surface area (Å²) in [6, 6.07) is 4.27. The summed E-state index contributed by atoms with van der Waals surface area (Å²) in [4.78, 5) is 18.5. The molecule has 0 unspecified atom stereocenters. The molecule has 1 aliphatic carbocycles. The molecular weight excluding hydrogens is 240 g/mol. The number of rotatable bonds is 4. The molecule has 2 aromatic heterocycles. The molecule has 1 N–H and O–H groups in total. The van der Waals surface area contributed by atoms with Gasteiger partial charge in [0.05, 0.1) is 11.8 Å². The van der Waals surface area contributed by atoms with Crippen molar-refractivity contribution in [2.24, 2.45) is 0 Å². The summed E-state index contributed by atoms with van der Waals surface area (Å²) in [5.74, 6) is 0.0607. The molecular formula is C14H16N4O. The molecule has 1 fully saturated rings. The average Bonchev–Trinajstić information content (AvgIpc) is 3.18. The van der Waals surface area contributed by atoms with Gasteiger partial charge in [0.15, 0.2) is 0 Å². The third-order valence-electron chi connectivity index (χ3n) is 3.41. The largest absolute Gasteiger partial charge is 0.331 e. The van der Waals surface area contributed by atoms with Gasteiger partial charge in [-0.2, -0.15) is 5.10 Å². The van der Waals surface area contributed by atoms with Crippen LogP contribution in [-0.4, -0.2) is 32.0 Å². The zero-order chi connectivity index (χ0) is 13.2. The van der Waals surface area contributed by atoms with Crippen LogP contribution in [0.4, 0.5) is 0 Å². The molecule has 0 spiro atoms. The molecule has 0 saturated heterocycles. The summed E-state index contributed by atoms with van der Waals surface area (Å²) in [6.45, 7) is 2.51. The average molecular weight is 256 g/mol. The highest BCUT2D eigenvalue weighted by molar-refractivity contribution is 5.95. The van der Waals surface area contributed by atoms with E-state index in [4.69, 9.17) is 0 Å². The fourth-order valence-electron chi connectivity index (χ4n) is 2.16. The predicted octanol–water partition coefficient (Wildman–Crippen LogP) is 1.92. The minimum absolute atomic E-state index is 0.0607. The molecule has 2 heterocycles. The third kappa shape index (κ3) is 2.50. The van der Waals surface area contributed by atoms with Crippen molar-refractivity contribution < 1.29 is 4.79 Å². The van der Waals surface area contributed by atoms with E-state index < -0.39 is 0 Å². The highest BCUT2D eigenvalue weighted by atomic mass is 16.2. The van der Waals surface area contributed by atoms with E-state index in [-0.39, 0.29) is 5.91 Å². The van der Waals surface area contributed by atoms with E-state index in [9.17, 15) is 4.79 Å². The van der Waals surface area contributed by atoms with Crippen molar-refractivity contribution in [3.05, 3.63) is 47.5 Å². The number of pyridine rings is 1. The van der Waals surface area contributed by atoms with Gasteiger partial charge in [-0.15, -0.1) is 0 Å². The Balaban J connectivity index is 1.82. The Bertz CT molecular complexity index is 574. The van der Waals surface area contributed by atoms with E-state index in [0.717, 1.165) is 24.1 Å². The number of hydrogen-bond acceptors (Lipinski definition) is 3. The van der Waals surface area contributed by atoms with E-state index >= 15 is 0 Å². The Hall–Kier alpha value is -2.17. The molecule has 0 bridgehead atoms. The van der Waals surface area contributed by atoms with Crippen molar-refractivity contribution >= 4 is 5.91 Å². The number of aryl methyl sites for hydroxylation is 1. The normalized spacial score (nSPS) is 14.4. The zero-order valence-corrected chi connectivity index (χ0v) is 10.8. The first-order chi connectivity index (χ1) is 9.25. The fourth-order valence-corrected chi connectivity index (χ4v) is 2.16. The number of aromatic nitrogens is 3. The van der Waals surface area contributed by atoms with Gasteiger partial charge in [0.2, 0.25) is 0 Å². The van der Waals surface area contributed by atoms with E-state index in [1.165, 1.54) is 0 Å². The summed E-state index contributed by atoms with van der Waals surface area (Å²) < 4.78 is 0. The van der Waals surface area contributed by atoms with E-state index in [0.29, 0.717) is 18.2 Å². The zero-order valence-electron chi connectivity index (χ0n) is 10.8. The van der Waals surface area contributed by atoms with Crippen LogP contribution in [0.2, 0.25) is 0 Å². The van der Waals surface area contributed by atoms with Crippen molar-refractivity contribution in [3.8, 4) is 0 Å². The van der Waals surface area contributed by atoms with Crippen LogP contribution in [0.25, 0.3) is 0 Å². The fraction of sp³-hybridized carbons (Fsp3) is 0.357. The number of carbonyl (C=O) groups is 1. The van der Waals surface area contributed by atoms with Gasteiger partial charge in [-0.1, -0.05) is 0 Å². The van der Waals surface area contributed by atoms with Gasteiger partial charge in [-0.05, 0) is 37.5 Å². The van der Waals surface area contributed by atoms with Crippen molar-refractivity contribution in [1.29, 1.82) is 0 Å². The van der Waals surface area contributed by atoms with Crippen LogP contribution in [0.15, 0.2) is 30.7 Å². The van der Waals surface area contributed by atoms with Crippen molar-refractivity contribution in [2.75, 3.05) is 0 Å². The molecule has 5 nitrogen and oxygen atoms in total. The molecule has 98 valence electrons. The van der Waals surface area contributed by atoms with Crippen LogP contribution in [0.1, 0.15) is 34.5 Å². The maximum absolute atomic E-state index is 12.6. The SMILES string of the molecule is Cc1[nH]ncc1C(=O)N(Cc1ccncc1)C1CC1. The van der Waals surface area contributed by atoms with E-state index in [1.54, 1.807) is 18.6 Å². The molecule has 1 amide bonds. The van der Waals surface area contributed by atoms with Crippen LogP contribution in [0, 0.1) is 6.92 Å². The number of nitrogens with zero attached hydrogens (tertiary/aromatic N) is 3. The molecule has 3 rings (SSSR count). The minimum atomic E-state index is 0.0607. The Kier molecular flexibility index (Phi) is 3.03. The van der Waals surface area contributed by atoms with E-state index in [1.807, 2.05) is 24.0 Å². The van der Waals surface area contributed by atoms with Gasteiger partial charge >= 0.3 is 0 Å². The molecule has 1 saturated carbocycles. The highest BCUT2D eigenvalue weighted by Crippen LogP contribution is 2.30. The second-order valence-corrected chi connectivity index (χ2v) is 4.93. The van der Waals surface area contributed by atoms with Crippen LogP contribution in [-0.2, 0) is 6.54 Å². The topological polar surface area (TPSA) is 61.9 Å². The van der Waals surface area contributed by atoms with Crippen molar-refractivity contribution in [3.63, 3.8) is 0 Å². The molecule has 5 heteroatoms. The standard InChI is InChI=1S/C14H16N4O/c1-10-13(8-16-17-10)14(19)18(12-2-3-12)9-11-4-6-15-7-5-11/h4-8,12H,2-3,9H2,1H3,(H,16,17). The number of carbonyl (C=O) groups excluding carboxylic acids is 1. The van der Waals surface area contributed by atoms with Crippen molar-refractivity contribution in [1.82, 2.24) is 20.1 Å². The number of nitrogens with one attached hydrogen (secondary N) is 1. The monoisotopic (exact) mass is 256 g/mol. The number of hydrogen-bond donors (Lipinski definition) is 1. The lowest BCUT2D eigenvalue weighted by Gasteiger charge is -2.22. The second-order valence-electron chi connectivity index (χ2n) is 4.93. The summed E-state index contributed by atoms with van der Waals surface area (Å²) in [6.07, 6.45) is 7.31. The smallest absolute Gasteiger partial charge is 0.257 e. The van der Waals surface area contributed by atoms with Gasteiger partial charge in [0.25, 0.3) is 5.91 Å². The molecule has 0 aromatic carbocycles. The predicted molar refractivity (Wildman–Crippen MR) is 70.5 cm³/mol. The molecule has 0 radical (unpaired) electrons.